The number of amides is 1. The molecule has 0 spiro atoms. The molecule has 1 aromatic carbocycles. The highest BCUT2D eigenvalue weighted by molar-refractivity contribution is 8.00. The molecule has 0 radical (unpaired) electrons. The molecule has 0 aliphatic carbocycles. The fourth-order valence-electron chi connectivity index (χ4n) is 2.01. The second-order valence-electron chi connectivity index (χ2n) is 4.73. The second kappa shape index (κ2) is 6.89. The summed E-state index contributed by atoms with van der Waals surface area (Å²) in [4.78, 5) is 12.8. The Kier molecular flexibility index (Phi) is 5.40. The molecule has 1 heterocycles. The maximum Gasteiger partial charge on any atom is 0.230 e. The average Bonchev–Trinajstić information content (AvgIpc) is 2.69. The summed E-state index contributed by atoms with van der Waals surface area (Å²) in [6.07, 6.45) is 0. The average molecular weight is 350 g/mol. The predicted molar refractivity (Wildman–Crippen MR) is 83.9 cm³/mol. The monoisotopic (exact) mass is 349 g/mol. The third-order valence-corrected chi connectivity index (χ3v) is 6.45. The number of hydrogen-bond acceptors (Lipinski definition) is 5. The van der Waals surface area contributed by atoms with Gasteiger partial charge in [0, 0.05) is 4.90 Å². The summed E-state index contributed by atoms with van der Waals surface area (Å²) in [6.45, 7) is 0. The van der Waals surface area contributed by atoms with Gasteiger partial charge in [0.05, 0.1) is 35.8 Å². The van der Waals surface area contributed by atoms with Crippen LogP contribution in [0.2, 0.25) is 0 Å². The number of nitrogens with one attached hydrogen (secondary N) is 1. The van der Waals surface area contributed by atoms with Crippen molar-refractivity contribution < 1.29 is 17.9 Å². The second-order valence-corrected chi connectivity index (χ2v) is 8.49. The van der Waals surface area contributed by atoms with E-state index in [1.165, 1.54) is 11.8 Å². The molecule has 0 unspecified atom stereocenters. The molecule has 0 aromatic heterocycles. The molecule has 1 amide bonds. The van der Waals surface area contributed by atoms with Crippen LogP contribution in [0, 0.1) is 0 Å². The van der Waals surface area contributed by atoms with Crippen molar-refractivity contribution in [3.05, 3.63) is 24.3 Å². The Hall–Kier alpha value is -0.920. The van der Waals surface area contributed by atoms with Crippen molar-refractivity contribution in [2.24, 2.45) is 0 Å². The quantitative estimate of drug-likeness (QED) is 0.641. The van der Waals surface area contributed by atoms with Gasteiger partial charge >= 0.3 is 0 Å². The Labute approximate surface area is 133 Å². The number of benzene rings is 1. The minimum absolute atomic E-state index is 0.0782. The molecule has 1 fully saturated rings. The zero-order valence-electron chi connectivity index (χ0n) is 11.4. The van der Waals surface area contributed by atoms with E-state index in [0.29, 0.717) is 0 Å². The fourth-order valence-corrected chi connectivity index (χ4v) is 5.27. The molecule has 8 heteroatoms. The summed E-state index contributed by atoms with van der Waals surface area (Å²) < 4.78 is 27.9. The first kappa shape index (κ1) is 16.5. The van der Waals surface area contributed by atoms with Crippen molar-refractivity contribution in [2.45, 2.75) is 16.3 Å². The Morgan fingerprint density at radius 3 is 2.57 bits per heavy atom. The molecular formula is C13H16ClNO4S2. The highest BCUT2D eigenvalue weighted by atomic mass is 35.5. The lowest BCUT2D eigenvalue weighted by Crippen LogP contribution is -2.41. The number of carbonyl (C=O) groups excluding carboxylic acids is 1. The molecule has 1 saturated heterocycles. The fraction of sp³-hybridized carbons (Fsp3) is 0.462. The summed E-state index contributed by atoms with van der Waals surface area (Å²) in [5.74, 6) is 0.589. The molecule has 2 atom stereocenters. The van der Waals surface area contributed by atoms with Gasteiger partial charge in [-0.25, -0.2) is 8.42 Å². The molecule has 0 saturated carbocycles. The Balaban J connectivity index is 1.82. The predicted octanol–water partition coefficient (Wildman–Crippen LogP) is 1.31. The van der Waals surface area contributed by atoms with Crippen LogP contribution in [0.5, 0.6) is 5.75 Å². The SMILES string of the molecule is COc1ccc(SCC(=O)N[C@H]2CS(=O)(=O)C[C@H]2Cl)cc1. The van der Waals surface area contributed by atoms with E-state index in [0.717, 1.165) is 10.6 Å². The van der Waals surface area contributed by atoms with Crippen molar-refractivity contribution in [3.8, 4) is 5.75 Å². The van der Waals surface area contributed by atoms with Crippen molar-refractivity contribution in [1.29, 1.82) is 0 Å². The first-order valence-corrected chi connectivity index (χ1v) is 9.55. The number of carbonyl (C=O) groups is 1. The van der Waals surface area contributed by atoms with Crippen LogP contribution in [0.15, 0.2) is 29.2 Å². The van der Waals surface area contributed by atoms with Gasteiger partial charge in [0.15, 0.2) is 9.84 Å². The van der Waals surface area contributed by atoms with Crippen LogP contribution >= 0.6 is 23.4 Å². The summed E-state index contributed by atoms with van der Waals surface area (Å²) >= 11 is 7.31. The minimum atomic E-state index is -3.13. The Morgan fingerprint density at radius 1 is 1.38 bits per heavy atom. The lowest BCUT2D eigenvalue weighted by atomic mass is 10.2. The molecule has 116 valence electrons. The number of rotatable bonds is 5. The van der Waals surface area contributed by atoms with Gasteiger partial charge in [0.2, 0.25) is 5.91 Å². The van der Waals surface area contributed by atoms with E-state index in [1.54, 1.807) is 7.11 Å². The van der Waals surface area contributed by atoms with E-state index >= 15 is 0 Å². The number of methoxy groups -OCH3 is 1. The minimum Gasteiger partial charge on any atom is -0.497 e. The molecule has 1 N–H and O–H groups in total. The molecule has 21 heavy (non-hydrogen) atoms. The summed E-state index contributed by atoms with van der Waals surface area (Å²) in [5, 5.41) is 2.13. The smallest absolute Gasteiger partial charge is 0.230 e. The van der Waals surface area contributed by atoms with E-state index in [9.17, 15) is 13.2 Å². The van der Waals surface area contributed by atoms with Crippen molar-refractivity contribution in [3.63, 3.8) is 0 Å². The number of ether oxygens (including phenoxy) is 1. The summed E-state index contributed by atoms with van der Waals surface area (Å²) in [6, 6.07) is 6.86. The molecule has 0 bridgehead atoms. The maximum absolute atomic E-state index is 11.8. The number of sulfone groups is 1. The highest BCUT2D eigenvalue weighted by Gasteiger charge is 2.37. The van der Waals surface area contributed by atoms with Crippen LogP contribution in [-0.4, -0.2) is 50.1 Å². The van der Waals surface area contributed by atoms with Gasteiger partial charge in [0.25, 0.3) is 0 Å². The van der Waals surface area contributed by atoms with Crippen molar-refractivity contribution in [1.82, 2.24) is 5.32 Å². The lowest BCUT2D eigenvalue weighted by molar-refractivity contribution is -0.119. The van der Waals surface area contributed by atoms with Crippen LogP contribution in [0.3, 0.4) is 0 Å². The molecule has 1 aliphatic rings. The van der Waals surface area contributed by atoms with Gasteiger partial charge < -0.3 is 10.1 Å². The topological polar surface area (TPSA) is 72.5 Å². The van der Waals surface area contributed by atoms with Gasteiger partial charge in [0.1, 0.15) is 5.75 Å². The van der Waals surface area contributed by atoms with E-state index < -0.39 is 21.3 Å². The zero-order valence-corrected chi connectivity index (χ0v) is 13.8. The zero-order chi connectivity index (χ0) is 15.5. The number of halogens is 1. The summed E-state index contributed by atoms with van der Waals surface area (Å²) in [7, 11) is -1.54. The van der Waals surface area contributed by atoms with Crippen LogP contribution in [-0.2, 0) is 14.6 Å². The summed E-state index contributed by atoms with van der Waals surface area (Å²) in [5.41, 5.74) is 0. The first-order valence-electron chi connectivity index (χ1n) is 6.30. The van der Waals surface area contributed by atoms with Crippen molar-refractivity contribution in [2.75, 3.05) is 24.4 Å². The standard InChI is InChI=1S/C13H16ClNO4S2/c1-19-9-2-4-10(5-3-9)20-6-13(16)15-12-8-21(17,18)7-11(12)14/h2-5,11-12H,6-8H2,1H3,(H,15,16)/t11-,12+/m1/s1. The van der Waals surface area contributed by atoms with Crippen molar-refractivity contribution >= 4 is 39.1 Å². The van der Waals surface area contributed by atoms with Crippen LogP contribution in [0.25, 0.3) is 0 Å². The number of alkyl halides is 1. The van der Waals surface area contributed by atoms with Gasteiger partial charge in [-0.2, -0.15) is 0 Å². The number of hydrogen-bond donors (Lipinski definition) is 1. The normalized spacial score (nSPS) is 23.7. The highest BCUT2D eigenvalue weighted by Crippen LogP contribution is 2.22. The third kappa shape index (κ3) is 4.79. The molecule has 5 nitrogen and oxygen atoms in total. The lowest BCUT2D eigenvalue weighted by Gasteiger charge is -2.14. The Morgan fingerprint density at radius 2 is 2.05 bits per heavy atom. The largest absolute Gasteiger partial charge is 0.497 e. The molecule has 1 aliphatic heterocycles. The maximum atomic E-state index is 11.8. The first-order chi connectivity index (χ1) is 9.89. The molecule has 1 aromatic rings. The van der Waals surface area contributed by atoms with Crippen LogP contribution < -0.4 is 10.1 Å². The van der Waals surface area contributed by atoms with Gasteiger partial charge in [-0.1, -0.05) is 0 Å². The molecular weight excluding hydrogens is 334 g/mol. The van der Waals surface area contributed by atoms with E-state index in [-0.39, 0.29) is 23.2 Å². The van der Waals surface area contributed by atoms with Gasteiger partial charge in [-0.05, 0) is 24.3 Å². The van der Waals surface area contributed by atoms with Gasteiger partial charge in [-0.3, -0.25) is 4.79 Å². The van der Waals surface area contributed by atoms with Gasteiger partial charge in [-0.15, -0.1) is 23.4 Å². The van der Waals surface area contributed by atoms with E-state index in [1.807, 2.05) is 24.3 Å². The van der Waals surface area contributed by atoms with Crippen LogP contribution in [0.1, 0.15) is 0 Å². The molecule has 2 rings (SSSR count). The Bertz CT molecular complexity index is 603. The van der Waals surface area contributed by atoms with E-state index in [4.69, 9.17) is 16.3 Å². The third-order valence-electron chi connectivity index (χ3n) is 3.06. The number of thioether (sulfide) groups is 1. The van der Waals surface area contributed by atoms with Crippen LogP contribution in [0.4, 0.5) is 0 Å². The van der Waals surface area contributed by atoms with E-state index in [2.05, 4.69) is 5.32 Å².